The monoisotopic (exact) mass is 462 g/mol. The van der Waals surface area contributed by atoms with Crippen LogP contribution in [-0.2, 0) is 4.79 Å². The summed E-state index contributed by atoms with van der Waals surface area (Å²) in [5.74, 6) is -1.24. The van der Waals surface area contributed by atoms with E-state index < -0.39 is 17.8 Å². The molecule has 1 atom stereocenters. The Hall–Kier alpha value is -2.78. The number of rotatable bonds is 6. The van der Waals surface area contributed by atoms with Crippen molar-refractivity contribution in [3.8, 4) is 0 Å². The van der Waals surface area contributed by atoms with Crippen molar-refractivity contribution in [2.24, 2.45) is 5.73 Å². The van der Waals surface area contributed by atoms with Crippen molar-refractivity contribution >= 4 is 55.6 Å². The van der Waals surface area contributed by atoms with Gasteiger partial charge in [0.25, 0.3) is 0 Å². The van der Waals surface area contributed by atoms with Gasteiger partial charge >= 0.3 is 0 Å². The molecule has 4 N–H and O–H groups in total. The van der Waals surface area contributed by atoms with Crippen LogP contribution in [0.4, 0.5) is 21.0 Å². The summed E-state index contributed by atoms with van der Waals surface area (Å²) in [7, 11) is 0. The minimum atomic E-state index is -0.786. The number of carbonyl (C=O) groups excluding carboxylic acids is 2. The lowest BCUT2D eigenvalue weighted by Gasteiger charge is -2.26. The van der Waals surface area contributed by atoms with Gasteiger partial charge in [-0.15, -0.1) is 0 Å². The van der Waals surface area contributed by atoms with E-state index in [0.717, 1.165) is 15.8 Å². The van der Waals surface area contributed by atoms with Crippen LogP contribution in [0.5, 0.6) is 0 Å². The predicted octanol–water partition coefficient (Wildman–Crippen LogP) is 3.87. The van der Waals surface area contributed by atoms with Crippen molar-refractivity contribution in [3.05, 3.63) is 69.3 Å². The highest BCUT2D eigenvalue weighted by Crippen LogP contribution is 2.36. The summed E-state index contributed by atoms with van der Waals surface area (Å²) in [5, 5.41) is 0.316. The Morgan fingerprint density at radius 2 is 1.75 bits per heavy atom. The first kappa shape index (κ1) is 20.0. The van der Waals surface area contributed by atoms with Crippen molar-refractivity contribution in [1.29, 1.82) is 0 Å². The van der Waals surface area contributed by atoms with Crippen molar-refractivity contribution in [1.82, 2.24) is 4.98 Å². The average molecular weight is 463 g/mol. The lowest BCUT2D eigenvalue weighted by atomic mass is 10.1. The number of amides is 1. The number of primary amides is 1. The fraction of sp³-hybridized carbons (Fsp3) is 0.105. The van der Waals surface area contributed by atoms with Crippen LogP contribution in [0.15, 0.2) is 53.0 Å². The summed E-state index contributed by atoms with van der Waals surface area (Å²) in [6, 6.07) is 11.6. The number of nitrogens with two attached hydrogens (primary N) is 2. The lowest BCUT2D eigenvalue weighted by Crippen LogP contribution is -2.39. The van der Waals surface area contributed by atoms with Gasteiger partial charge in [0.2, 0.25) is 11.7 Å². The Bertz CT molecular complexity index is 1020. The second-order valence-electron chi connectivity index (χ2n) is 5.97. The third kappa shape index (κ3) is 4.05. The molecule has 1 unspecified atom stereocenters. The maximum atomic E-state index is 13.3. The number of benzene rings is 2. The zero-order chi connectivity index (χ0) is 20.4. The van der Waals surface area contributed by atoms with Gasteiger partial charge in [0, 0.05) is 15.7 Å². The van der Waals surface area contributed by atoms with Gasteiger partial charge in [-0.3, -0.25) is 9.59 Å². The molecule has 0 spiro atoms. The normalized spacial score (nSPS) is 11.8. The first-order chi connectivity index (χ1) is 13.3. The number of hydrogen-bond acceptors (Lipinski definition) is 6. The molecule has 0 aliphatic carbocycles. The number of nitrogens with zero attached hydrogens (tertiary/aromatic N) is 2. The highest BCUT2D eigenvalue weighted by atomic mass is 79.9. The summed E-state index contributed by atoms with van der Waals surface area (Å²) in [5.41, 5.74) is 12.4. The zero-order valence-corrected chi connectivity index (χ0v) is 17.1. The van der Waals surface area contributed by atoms with Gasteiger partial charge in [-0.2, -0.15) is 0 Å². The molecular weight excluding hydrogens is 447 g/mol. The van der Waals surface area contributed by atoms with Crippen LogP contribution in [0.25, 0.3) is 0 Å². The first-order valence-electron chi connectivity index (χ1n) is 8.18. The molecule has 6 nitrogen and oxygen atoms in total. The smallest absolute Gasteiger partial charge is 0.240 e. The predicted molar refractivity (Wildman–Crippen MR) is 111 cm³/mol. The largest absolute Gasteiger partial charge is 0.382 e. The van der Waals surface area contributed by atoms with E-state index in [1.807, 2.05) is 0 Å². The van der Waals surface area contributed by atoms with Gasteiger partial charge in [0.05, 0.1) is 0 Å². The first-order valence-corrected chi connectivity index (χ1v) is 9.79. The Balaban J connectivity index is 2.03. The topological polar surface area (TPSA) is 102 Å². The van der Waals surface area contributed by atoms with Crippen molar-refractivity contribution < 1.29 is 14.0 Å². The number of nitrogen functional groups attached to an aromatic ring is 1. The van der Waals surface area contributed by atoms with Crippen LogP contribution in [-0.4, -0.2) is 22.7 Å². The van der Waals surface area contributed by atoms with Crippen LogP contribution in [0, 0.1) is 5.82 Å². The Kier molecular flexibility index (Phi) is 5.76. The molecular formula is C19H16BrFN4O2S. The third-order valence-corrected chi connectivity index (χ3v) is 5.66. The van der Waals surface area contributed by atoms with E-state index in [2.05, 4.69) is 20.9 Å². The van der Waals surface area contributed by atoms with E-state index >= 15 is 0 Å². The summed E-state index contributed by atoms with van der Waals surface area (Å²) >= 11 is 4.37. The zero-order valence-electron chi connectivity index (χ0n) is 14.7. The quantitative estimate of drug-likeness (QED) is 0.541. The molecule has 0 saturated heterocycles. The molecule has 9 heteroatoms. The molecule has 3 aromatic rings. The van der Waals surface area contributed by atoms with Crippen LogP contribution in [0.1, 0.15) is 22.2 Å². The summed E-state index contributed by atoms with van der Waals surface area (Å²) in [6.07, 6.45) is 0. The van der Waals surface area contributed by atoms with Crippen LogP contribution in [0.2, 0.25) is 0 Å². The highest BCUT2D eigenvalue weighted by Gasteiger charge is 2.27. The Morgan fingerprint density at radius 1 is 1.14 bits per heavy atom. The summed E-state index contributed by atoms with van der Waals surface area (Å²) < 4.78 is 14.2. The van der Waals surface area contributed by atoms with E-state index in [1.165, 1.54) is 29.2 Å². The fourth-order valence-corrected chi connectivity index (χ4v) is 3.86. The molecule has 144 valence electrons. The fourth-order valence-electron chi connectivity index (χ4n) is 2.55. The minimum absolute atomic E-state index is 0.0525. The molecule has 0 saturated carbocycles. The van der Waals surface area contributed by atoms with Gasteiger partial charge in [-0.25, -0.2) is 9.37 Å². The van der Waals surface area contributed by atoms with Gasteiger partial charge in [-0.05, 0) is 55.5 Å². The number of thiazole rings is 1. The van der Waals surface area contributed by atoms with E-state index in [4.69, 9.17) is 11.5 Å². The standard InChI is InChI=1S/C19H16BrFN4O2S/c1-10(18(23)27)25(14-8-6-13(21)7-9-14)19-24-17(22)16(28-19)15(26)11-2-4-12(20)5-3-11/h2-10H,22H2,1H3,(H2,23,27). The Labute approximate surface area is 173 Å². The van der Waals surface area contributed by atoms with E-state index in [1.54, 1.807) is 31.2 Å². The molecule has 0 radical (unpaired) electrons. The average Bonchev–Trinajstić information content (AvgIpc) is 3.04. The molecule has 0 aliphatic rings. The molecule has 2 aromatic carbocycles. The number of ketones is 1. The van der Waals surface area contributed by atoms with E-state index in [-0.39, 0.29) is 16.5 Å². The van der Waals surface area contributed by atoms with E-state index in [9.17, 15) is 14.0 Å². The second kappa shape index (κ2) is 8.07. The molecule has 1 aromatic heterocycles. The molecule has 28 heavy (non-hydrogen) atoms. The van der Waals surface area contributed by atoms with Gasteiger partial charge in [-0.1, -0.05) is 27.3 Å². The van der Waals surface area contributed by atoms with Gasteiger partial charge in [0.15, 0.2) is 5.13 Å². The minimum Gasteiger partial charge on any atom is -0.382 e. The molecule has 0 fully saturated rings. The third-order valence-electron chi connectivity index (χ3n) is 4.06. The van der Waals surface area contributed by atoms with Crippen LogP contribution < -0.4 is 16.4 Å². The van der Waals surface area contributed by atoms with Crippen LogP contribution >= 0.6 is 27.3 Å². The SMILES string of the molecule is CC(C(N)=O)N(c1ccc(F)cc1)c1nc(N)c(C(=O)c2ccc(Br)cc2)s1. The van der Waals surface area contributed by atoms with Gasteiger partial charge in [0.1, 0.15) is 22.6 Å². The van der Waals surface area contributed by atoms with Gasteiger partial charge < -0.3 is 16.4 Å². The van der Waals surface area contributed by atoms with Crippen molar-refractivity contribution in [3.63, 3.8) is 0 Å². The molecule has 0 bridgehead atoms. The molecule has 0 aliphatic heterocycles. The maximum absolute atomic E-state index is 13.3. The van der Waals surface area contributed by atoms with Crippen molar-refractivity contribution in [2.75, 3.05) is 10.6 Å². The molecule has 3 rings (SSSR count). The number of hydrogen-bond donors (Lipinski definition) is 2. The highest BCUT2D eigenvalue weighted by molar-refractivity contribution is 9.10. The molecule has 1 amide bonds. The molecule has 1 heterocycles. The lowest BCUT2D eigenvalue weighted by molar-refractivity contribution is -0.118. The summed E-state index contributed by atoms with van der Waals surface area (Å²) in [6.45, 7) is 1.60. The Morgan fingerprint density at radius 3 is 2.32 bits per heavy atom. The summed E-state index contributed by atoms with van der Waals surface area (Å²) in [4.78, 5) is 30.7. The van der Waals surface area contributed by atoms with Crippen LogP contribution in [0.3, 0.4) is 0 Å². The number of anilines is 3. The number of carbonyl (C=O) groups is 2. The number of aromatic nitrogens is 1. The second-order valence-corrected chi connectivity index (χ2v) is 7.86. The number of halogens is 2. The van der Waals surface area contributed by atoms with E-state index in [0.29, 0.717) is 16.4 Å². The maximum Gasteiger partial charge on any atom is 0.240 e. The van der Waals surface area contributed by atoms with Crippen molar-refractivity contribution in [2.45, 2.75) is 13.0 Å².